The number of carbonyl (C=O) groups excluding carboxylic acids is 1. The number of nitrogens with two attached hydrogens (primary N) is 1. The summed E-state index contributed by atoms with van der Waals surface area (Å²) in [6, 6.07) is 5.31. The van der Waals surface area contributed by atoms with E-state index in [0.717, 1.165) is 10.2 Å². The van der Waals surface area contributed by atoms with Crippen molar-refractivity contribution in [1.82, 2.24) is 0 Å². The lowest BCUT2D eigenvalue weighted by atomic mass is 9.96. The molecule has 3 N–H and O–H groups in total. The maximum Gasteiger partial charge on any atom is 0.306 e. The topological polar surface area (TPSA) is 83.6 Å². The third-order valence-electron chi connectivity index (χ3n) is 3.41. The number of rotatable bonds is 3. The molecule has 1 amide bonds. The Morgan fingerprint density at radius 1 is 1.32 bits per heavy atom. The highest BCUT2D eigenvalue weighted by Gasteiger charge is 2.26. The van der Waals surface area contributed by atoms with E-state index < -0.39 is 11.9 Å². The molecule has 5 nitrogen and oxygen atoms in total. The minimum Gasteiger partial charge on any atom is -0.481 e. The Morgan fingerprint density at radius 2 is 1.95 bits per heavy atom. The van der Waals surface area contributed by atoms with Crippen LogP contribution in [0.1, 0.15) is 23.2 Å². The fraction of sp³-hybridized carbons (Fsp3) is 0.385. The molecule has 102 valence electrons. The summed E-state index contributed by atoms with van der Waals surface area (Å²) in [5, 5.41) is 8.98. The minimum atomic E-state index is -0.746. The molecule has 0 aliphatic carbocycles. The fourth-order valence-corrected chi connectivity index (χ4v) is 2.69. The van der Waals surface area contributed by atoms with Gasteiger partial charge in [0.25, 0.3) is 5.91 Å². The molecule has 19 heavy (non-hydrogen) atoms. The van der Waals surface area contributed by atoms with Gasteiger partial charge in [-0.1, -0.05) is 15.9 Å². The van der Waals surface area contributed by atoms with Crippen molar-refractivity contribution < 1.29 is 14.7 Å². The monoisotopic (exact) mass is 326 g/mol. The second-order valence-electron chi connectivity index (χ2n) is 4.63. The van der Waals surface area contributed by atoms with Gasteiger partial charge < -0.3 is 15.7 Å². The average Bonchev–Trinajstić information content (AvgIpc) is 2.38. The van der Waals surface area contributed by atoms with Crippen LogP contribution < -0.4 is 10.6 Å². The van der Waals surface area contributed by atoms with Crippen molar-refractivity contribution in [2.24, 2.45) is 11.7 Å². The molecule has 1 saturated heterocycles. The first kappa shape index (κ1) is 13.9. The third-order valence-corrected chi connectivity index (χ3v) is 3.90. The molecule has 2 rings (SSSR count). The summed E-state index contributed by atoms with van der Waals surface area (Å²) in [7, 11) is 0. The van der Waals surface area contributed by atoms with Gasteiger partial charge in [-0.25, -0.2) is 0 Å². The second kappa shape index (κ2) is 5.61. The standard InChI is InChI=1S/C13H15BrN2O3/c14-9-1-2-10(12(15)17)11(7-9)16-5-3-8(4-6-16)13(18)19/h1-2,7-8H,3-6H2,(H2,15,17)(H,18,19). The maximum absolute atomic E-state index is 11.4. The zero-order valence-electron chi connectivity index (χ0n) is 10.3. The number of hydrogen-bond acceptors (Lipinski definition) is 3. The van der Waals surface area contributed by atoms with Gasteiger partial charge in [-0.3, -0.25) is 9.59 Å². The summed E-state index contributed by atoms with van der Waals surface area (Å²) < 4.78 is 0.868. The van der Waals surface area contributed by atoms with Crippen molar-refractivity contribution in [2.45, 2.75) is 12.8 Å². The van der Waals surface area contributed by atoms with Crippen LogP contribution in [0.2, 0.25) is 0 Å². The molecule has 1 aromatic rings. The van der Waals surface area contributed by atoms with Crippen LogP contribution in [0, 0.1) is 5.92 Å². The maximum atomic E-state index is 11.4. The van der Waals surface area contributed by atoms with Crippen molar-refractivity contribution in [3.63, 3.8) is 0 Å². The molecule has 1 aliphatic rings. The van der Waals surface area contributed by atoms with Crippen molar-refractivity contribution >= 4 is 33.5 Å². The zero-order chi connectivity index (χ0) is 14.0. The van der Waals surface area contributed by atoms with E-state index in [1.165, 1.54) is 0 Å². The Kier molecular flexibility index (Phi) is 4.09. The third kappa shape index (κ3) is 3.07. The predicted molar refractivity (Wildman–Crippen MR) is 75.2 cm³/mol. The minimum absolute atomic E-state index is 0.291. The summed E-state index contributed by atoms with van der Waals surface area (Å²) in [6.45, 7) is 1.24. The molecule has 0 aromatic heterocycles. The van der Waals surface area contributed by atoms with E-state index in [-0.39, 0.29) is 5.92 Å². The lowest BCUT2D eigenvalue weighted by Crippen LogP contribution is -2.37. The fourth-order valence-electron chi connectivity index (χ4n) is 2.34. The highest BCUT2D eigenvalue weighted by molar-refractivity contribution is 9.10. The van der Waals surface area contributed by atoms with Crippen molar-refractivity contribution in [3.8, 4) is 0 Å². The van der Waals surface area contributed by atoms with E-state index in [2.05, 4.69) is 15.9 Å². The van der Waals surface area contributed by atoms with Gasteiger partial charge in [0, 0.05) is 17.6 Å². The Balaban J connectivity index is 2.21. The van der Waals surface area contributed by atoms with Gasteiger partial charge in [0.1, 0.15) is 0 Å². The number of carboxylic acids is 1. The Morgan fingerprint density at radius 3 is 2.47 bits per heavy atom. The van der Waals surface area contributed by atoms with Crippen LogP contribution in [0.3, 0.4) is 0 Å². The van der Waals surface area contributed by atoms with Gasteiger partial charge >= 0.3 is 5.97 Å². The number of amides is 1. The predicted octanol–water partition coefficient (Wildman–Crippen LogP) is 1.85. The van der Waals surface area contributed by atoms with E-state index in [9.17, 15) is 9.59 Å². The van der Waals surface area contributed by atoms with Gasteiger partial charge in [-0.15, -0.1) is 0 Å². The van der Waals surface area contributed by atoms with Crippen LogP contribution in [0.15, 0.2) is 22.7 Å². The van der Waals surface area contributed by atoms with E-state index >= 15 is 0 Å². The van der Waals surface area contributed by atoms with Crippen LogP contribution in [0.25, 0.3) is 0 Å². The van der Waals surface area contributed by atoms with Gasteiger partial charge in [0.2, 0.25) is 0 Å². The summed E-state index contributed by atoms with van der Waals surface area (Å²) >= 11 is 3.37. The molecule has 1 fully saturated rings. The summed E-state index contributed by atoms with van der Waals surface area (Å²) in [5.41, 5.74) is 6.61. The number of carbonyl (C=O) groups is 2. The molecule has 1 heterocycles. The Labute approximate surface area is 119 Å². The smallest absolute Gasteiger partial charge is 0.306 e. The number of benzene rings is 1. The van der Waals surface area contributed by atoms with Crippen LogP contribution >= 0.6 is 15.9 Å². The van der Waals surface area contributed by atoms with Gasteiger partial charge in [0.05, 0.1) is 17.2 Å². The summed E-state index contributed by atoms with van der Waals surface area (Å²) in [6.07, 6.45) is 1.17. The number of carboxylic acid groups (broad SMARTS) is 1. The molecule has 6 heteroatoms. The van der Waals surface area contributed by atoms with Gasteiger partial charge in [-0.05, 0) is 31.0 Å². The quantitative estimate of drug-likeness (QED) is 0.887. The van der Waals surface area contributed by atoms with Crippen LogP contribution in [0.5, 0.6) is 0 Å². The summed E-state index contributed by atoms with van der Waals surface area (Å²) in [4.78, 5) is 24.4. The molecule has 0 atom stereocenters. The number of hydrogen-bond donors (Lipinski definition) is 2. The van der Waals surface area contributed by atoms with Gasteiger partial charge in [0.15, 0.2) is 0 Å². The normalized spacial score (nSPS) is 16.4. The van der Waals surface area contributed by atoms with E-state index in [1.807, 2.05) is 11.0 Å². The number of piperidine rings is 1. The van der Waals surface area contributed by atoms with E-state index in [1.54, 1.807) is 12.1 Å². The molecule has 0 unspecified atom stereocenters. The van der Waals surface area contributed by atoms with Crippen LogP contribution in [0.4, 0.5) is 5.69 Å². The Hall–Kier alpha value is -1.56. The zero-order valence-corrected chi connectivity index (χ0v) is 11.9. The average molecular weight is 327 g/mol. The first-order valence-corrected chi connectivity index (χ1v) is 6.85. The number of nitrogens with zero attached hydrogens (tertiary/aromatic N) is 1. The number of halogens is 1. The molecule has 1 aliphatic heterocycles. The van der Waals surface area contributed by atoms with E-state index in [0.29, 0.717) is 31.5 Å². The highest BCUT2D eigenvalue weighted by atomic mass is 79.9. The molecule has 0 radical (unpaired) electrons. The van der Waals surface area contributed by atoms with Crippen molar-refractivity contribution in [3.05, 3.63) is 28.2 Å². The van der Waals surface area contributed by atoms with E-state index in [4.69, 9.17) is 10.8 Å². The number of aliphatic carboxylic acids is 1. The number of anilines is 1. The second-order valence-corrected chi connectivity index (χ2v) is 5.54. The first-order chi connectivity index (χ1) is 8.99. The van der Waals surface area contributed by atoms with Crippen LogP contribution in [-0.2, 0) is 4.79 Å². The molecular weight excluding hydrogens is 312 g/mol. The molecule has 0 saturated carbocycles. The lowest BCUT2D eigenvalue weighted by Gasteiger charge is -2.33. The van der Waals surface area contributed by atoms with Gasteiger partial charge in [-0.2, -0.15) is 0 Å². The molecule has 1 aromatic carbocycles. The largest absolute Gasteiger partial charge is 0.481 e. The van der Waals surface area contributed by atoms with Crippen molar-refractivity contribution in [2.75, 3.05) is 18.0 Å². The summed E-state index contributed by atoms with van der Waals surface area (Å²) in [5.74, 6) is -1.51. The van der Waals surface area contributed by atoms with Crippen molar-refractivity contribution in [1.29, 1.82) is 0 Å². The molecule has 0 spiro atoms. The SMILES string of the molecule is NC(=O)c1ccc(Br)cc1N1CCC(C(=O)O)CC1. The first-order valence-electron chi connectivity index (χ1n) is 6.06. The molecule has 0 bridgehead atoms. The molecular formula is C13H15BrN2O3. The van der Waals surface area contributed by atoms with Crippen LogP contribution in [-0.4, -0.2) is 30.1 Å². The highest BCUT2D eigenvalue weighted by Crippen LogP contribution is 2.29. The lowest BCUT2D eigenvalue weighted by molar-refractivity contribution is -0.142. The number of primary amides is 1. The Bertz CT molecular complexity index is 511.